The number of nitriles is 1. The Morgan fingerprint density at radius 3 is 2.62 bits per heavy atom. The van der Waals surface area contributed by atoms with Gasteiger partial charge in [-0.25, -0.2) is 4.98 Å². The monoisotopic (exact) mass is 339 g/mol. The summed E-state index contributed by atoms with van der Waals surface area (Å²) in [5.41, 5.74) is 3.68. The van der Waals surface area contributed by atoms with Crippen molar-refractivity contribution >= 4 is 27.0 Å². The van der Waals surface area contributed by atoms with Crippen LogP contribution >= 0.6 is 15.9 Å². The summed E-state index contributed by atoms with van der Waals surface area (Å²) in [6.07, 6.45) is 1.04. The highest BCUT2D eigenvalue weighted by atomic mass is 79.9. The zero-order valence-corrected chi connectivity index (χ0v) is 13.3. The second kappa shape index (κ2) is 5.71. The third-order valence-electron chi connectivity index (χ3n) is 3.43. The average molecular weight is 340 g/mol. The Bertz CT molecular complexity index is 826. The van der Waals surface area contributed by atoms with Crippen molar-refractivity contribution in [2.75, 3.05) is 0 Å². The lowest BCUT2D eigenvalue weighted by Crippen LogP contribution is -1.99. The summed E-state index contributed by atoms with van der Waals surface area (Å²) < 4.78 is 3.27. The third-order valence-corrected chi connectivity index (χ3v) is 3.96. The van der Waals surface area contributed by atoms with E-state index in [9.17, 15) is 0 Å². The molecule has 0 atom stereocenters. The fraction of sp³-hybridized carbons (Fsp3) is 0.176. The first-order chi connectivity index (χ1) is 10.2. The van der Waals surface area contributed by atoms with E-state index in [0.717, 1.165) is 39.9 Å². The van der Waals surface area contributed by atoms with Crippen LogP contribution in [0.25, 0.3) is 22.4 Å². The van der Waals surface area contributed by atoms with Crippen molar-refractivity contribution in [3.63, 3.8) is 0 Å². The Hall–Kier alpha value is -2.12. The van der Waals surface area contributed by atoms with Gasteiger partial charge in [-0.15, -0.1) is 0 Å². The summed E-state index contributed by atoms with van der Waals surface area (Å²) in [7, 11) is 0. The van der Waals surface area contributed by atoms with Gasteiger partial charge in [0.1, 0.15) is 5.82 Å². The topological polar surface area (TPSA) is 41.6 Å². The molecule has 0 aliphatic rings. The number of rotatable bonds is 3. The van der Waals surface area contributed by atoms with E-state index in [-0.39, 0.29) is 0 Å². The first-order valence-corrected chi connectivity index (χ1v) is 7.68. The fourth-order valence-electron chi connectivity index (χ4n) is 2.47. The predicted molar refractivity (Wildman–Crippen MR) is 87.9 cm³/mol. The van der Waals surface area contributed by atoms with Gasteiger partial charge in [-0.1, -0.05) is 35.0 Å². The van der Waals surface area contributed by atoms with Crippen molar-refractivity contribution < 1.29 is 0 Å². The molecule has 1 aromatic heterocycles. The molecule has 4 heteroatoms. The highest BCUT2D eigenvalue weighted by molar-refractivity contribution is 9.10. The molecule has 104 valence electrons. The molecule has 21 heavy (non-hydrogen) atoms. The van der Waals surface area contributed by atoms with Crippen molar-refractivity contribution in [1.29, 1.82) is 5.26 Å². The molecular weight excluding hydrogens is 326 g/mol. The van der Waals surface area contributed by atoms with Gasteiger partial charge in [0.25, 0.3) is 0 Å². The lowest BCUT2D eigenvalue weighted by atomic mass is 10.2. The number of halogens is 1. The summed E-state index contributed by atoms with van der Waals surface area (Å²) in [5.74, 6) is 0.953. The molecule has 0 aliphatic carbocycles. The van der Waals surface area contributed by atoms with E-state index < -0.39 is 0 Å². The van der Waals surface area contributed by atoms with Crippen LogP contribution in [0.3, 0.4) is 0 Å². The van der Waals surface area contributed by atoms with Crippen LogP contribution in [0, 0.1) is 11.3 Å². The van der Waals surface area contributed by atoms with Crippen LogP contribution in [0.15, 0.2) is 46.9 Å². The van der Waals surface area contributed by atoms with Crippen molar-refractivity contribution in [1.82, 2.24) is 9.55 Å². The molecule has 0 amide bonds. The maximum Gasteiger partial charge on any atom is 0.141 e. The Morgan fingerprint density at radius 1 is 1.19 bits per heavy atom. The lowest BCUT2D eigenvalue weighted by molar-refractivity contribution is 0.704. The predicted octanol–water partition coefficient (Wildman–Crippen LogP) is 4.75. The standard InChI is InChI=1S/C17H14BrN3/c1-2-9-21-16-8-3-12(11-19)10-15(16)20-17(21)13-4-6-14(18)7-5-13/h3-8,10H,2,9H2,1H3. The van der Waals surface area contributed by atoms with Crippen molar-refractivity contribution in [3.05, 3.63) is 52.5 Å². The lowest BCUT2D eigenvalue weighted by Gasteiger charge is -2.07. The van der Waals surface area contributed by atoms with E-state index in [2.05, 4.69) is 45.6 Å². The molecule has 3 nitrogen and oxygen atoms in total. The van der Waals surface area contributed by atoms with E-state index in [4.69, 9.17) is 10.2 Å². The van der Waals surface area contributed by atoms with Crippen LogP contribution in [-0.4, -0.2) is 9.55 Å². The van der Waals surface area contributed by atoms with Crippen LogP contribution in [0.5, 0.6) is 0 Å². The summed E-state index contributed by atoms with van der Waals surface area (Å²) in [6.45, 7) is 3.06. The Labute approximate surface area is 132 Å². The maximum atomic E-state index is 9.03. The SMILES string of the molecule is CCCn1c(-c2ccc(Br)cc2)nc2cc(C#N)ccc21. The number of hydrogen-bond acceptors (Lipinski definition) is 2. The number of aromatic nitrogens is 2. The normalized spacial score (nSPS) is 10.7. The summed E-state index contributed by atoms with van der Waals surface area (Å²) in [6, 6.07) is 16.0. The molecule has 0 N–H and O–H groups in total. The molecule has 2 aromatic carbocycles. The molecule has 0 spiro atoms. The van der Waals surface area contributed by atoms with Crippen molar-refractivity contribution in [2.24, 2.45) is 0 Å². The van der Waals surface area contributed by atoms with Gasteiger partial charge >= 0.3 is 0 Å². The van der Waals surface area contributed by atoms with E-state index >= 15 is 0 Å². The molecule has 0 saturated carbocycles. The molecular formula is C17H14BrN3. The highest BCUT2D eigenvalue weighted by Crippen LogP contribution is 2.27. The van der Waals surface area contributed by atoms with E-state index in [1.807, 2.05) is 30.3 Å². The zero-order chi connectivity index (χ0) is 14.8. The summed E-state index contributed by atoms with van der Waals surface area (Å²) >= 11 is 3.46. The van der Waals surface area contributed by atoms with Crippen molar-refractivity contribution in [2.45, 2.75) is 19.9 Å². The smallest absolute Gasteiger partial charge is 0.141 e. The number of imidazole rings is 1. The van der Waals surface area contributed by atoms with E-state index in [1.165, 1.54) is 0 Å². The van der Waals surface area contributed by atoms with Gasteiger partial charge in [0.2, 0.25) is 0 Å². The van der Waals surface area contributed by atoms with E-state index in [0.29, 0.717) is 5.56 Å². The Balaban J connectivity index is 2.23. The highest BCUT2D eigenvalue weighted by Gasteiger charge is 2.12. The number of nitrogens with zero attached hydrogens (tertiary/aromatic N) is 3. The Kier molecular flexibility index (Phi) is 3.76. The van der Waals surface area contributed by atoms with Crippen LogP contribution in [0.4, 0.5) is 0 Å². The van der Waals surface area contributed by atoms with Gasteiger partial charge in [-0.3, -0.25) is 0 Å². The molecule has 0 fully saturated rings. The van der Waals surface area contributed by atoms with Gasteiger partial charge in [-0.05, 0) is 36.8 Å². The quantitative estimate of drug-likeness (QED) is 0.691. The van der Waals surface area contributed by atoms with Gasteiger partial charge in [0.05, 0.1) is 22.7 Å². The summed E-state index contributed by atoms with van der Waals surface area (Å²) in [4.78, 5) is 4.74. The van der Waals surface area contributed by atoms with Gasteiger partial charge < -0.3 is 4.57 Å². The second-order valence-corrected chi connectivity index (χ2v) is 5.82. The molecule has 0 saturated heterocycles. The molecule has 1 heterocycles. The zero-order valence-electron chi connectivity index (χ0n) is 11.7. The largest absolute Gasteiger partial charge is 0.324 e. The molecule has 3 rings (SSSR count). The molecule has 0 bridgehead atoms. The minimum absolute atomic E-state index is 0.644. The Morgan fingerprint density at radius 2 is 1.95 bits per heavy atom. The fourth-order valence-corrected chi connectivity index (χ4v) is 2.73. The third kappa shape index (κ3) is 2.57. The molecule has 0 radical (unpaired) electrons. The maximum absolute atomic E-state index is 9.03. The van der Waals surface area contributed by atoms with E-state index in [1.54, 1.807) is 0 Å². The first-order valence-electron chi connectivity index (χ1n) is 6.89. The van der Waals surface area contributed by atoms with Crippen LogP contribution in [0.1, 0.15) is 18.9 Å². The second-order valence-electron chi connectivity index (χ2n) is 4.91. The first kappa shape index (κ1) is 13.8. The van der Waals surface area contributed by atoms with Crippen LogP contribution in [-0.2, 0) is 6.54 Å². The molecule has 0 aliphatic heterocycles. The molecule has 3 aromatic rings. The number of benzene rings is 2. The summed E-state index contributed by atoms with van der Waals surface area (Å²) in [5, 5.41) is 9.03. The minimum Gasteiger partial charge on any atom is -0.324 e. The van der Waals surface area contributed by atoms with Crippen LogP contribution < -0.4 is 0 Å². The minimum atomic E-state index is 0.644. The van der Waals surface area contributed by atoms with Gasteiger partial charge in [-0.2, -0.15) is 5.26 Å². The number of fused-ring (bicyclic) bond motifs is 1. The molecule has 0 unspecified atom stereocenters. The van der Waals surface area contributed by atoms with Crippen LogP contribution in [0.2, 0.25) is 0 Å². The van der Waals surface area contributed by atoms with Gasteiger partial charge in [0.15, 0.2) is 0 Å². The average Bonchev–Trinajstić information content (AvgIpc) is 2.86. The number of aryl methyl sites for hydroxylation is 1. The van der Waals surface area contributed by atoms with Gasteiger partial charge in [0, 0.05) is 16.6 Å². The van der Waals surface area contributed by atoms with Crippen molar-refractivity contribution in [3.8, 4) is 17.5 Å². The number of hydrogen-bond donors (Lipinski definition) is 0.